The molecule has 1 aliphatic rings. The summed E-state index contributed by atoms with van der Waals surface area (Å²) in [6, 6.07) is 12.2. The summed E-state index contributed by atoms with van der Waals surface area (Å²) in [5.41, 5.74) is 1.37. The number of anilines is 1. The zero-order chi connectivity index (χ0) is 21.0. The molecule has 0 saturated carbocycles. The number of benzene rings is 2. The van der Waals surface area contributed by atoms with Gasteiger partial charge in [0, 0.05) is 54.6 Å². The van der Waals surface area contributed by atoms with E-state index in [0.29, 0.717) is 36.8 Å². The number of nitro benzene ring substituents is 1. The van der Waals surface area contributed by atoms with Crippen LogP contribution in [0.2, 0.25) is 5.02 Å². The van der Waals surface area contributed by atoms with Crippen molar-refractivity contribution in [1.82, 2.24) is 10.2 Å². The normalized spacial score (nSPS) is 15.0. The molecule has 0 radical (unpaired) electrons. The summed E-state index contributed by atoms with van der Waals surface area (Å²) in [7, 11) is 0. The first-order valence-electron chi connectivity index (χ1n) is 9.20. The monoisotopic (exact) mass is 416 g/mol. The van der Waals surface area contributed by atoms with Crippen LogP contribution >= 0.6 is 11.6 Å². The summed E-state index contributed by atoms with van der Waals surface area (Å²) in [5, 5.41) is 14.0. The fourth-order valence-corrected chi connectivity index (χ4v) is 3.31. The van der Waals surface area contributed by atoms with Crippen LogP contribution in [0.15, 0.2) is 48.5 Å². The summed E-state index contributed by atoms with van der Waals surface area (Å²) >= 11 is 5.83. The summed E-state index contributed by atoms with van der Waals surface area (Å²) in [6.07, 6.45) is 0. The van der Waals surface area contributed by atoms with Gasteiger partial charge in [0.25, 0.3) is 11.6 Å². The van der Waals surface area contributed by atoms with E-state index < -0.39 is 11.0 Å². The van der Waals surface area contributed by atoms with E-state index in [2.05, 4.69) is 10.2 Å². The van der Waals surface area contributed by atoms with Crippen LogP contribution in [0, 0.1) is 10.1 Å². The van der Waals surface area contributed by atoms with E-state index in [0.717, 1.165) is 5.69 Å². The number of carbonyl (C=O) groups is 2. The number of rotatable bonds is 5. The molecule has 2 aromatic rings. The third-order valence-corrected chi connectivity index (χ3v) is 5.09. The molecule has 29 heavy (non-hydrogen) atoms. The Kier molecular flexibility index (Phi) is 6.33. The molecule has 8 nitrogen and oxygen atoms in total. The molecule has 1 aliphatic heterocycles. The second kappa shape index (κ2) is 8.91. The van der Waals surface area contributed by atoms with Gasteiger partial charge in [-0.2, -0.15) is 0 Å². The van der Waals surface area contributed by atoms with Gasteiger partial charge < -0.3 is 15.1 Å². The molecule has 1 atom stereocenters. The van der Waals surface area contributed by atoms with Gasteiger partial charge in [-0.05, 0) is 43.3 Å². The van der Waals surface area contributed by atoms with E-state index in [1.54, 1.807) is 48.2 Å². The molecule has 1 saturated heterocycles. The van der Waals surface area contributed by atoms with Crippen molar-refractivity contribution in [3.8, 4) is 0 Å². The highest BCUT2D eigenvalue weighted by atomic mass is 35.5. The third-order valence-electron chi connectivity index (χ3n) is 4.84. The first-order valence-corrected chi connectivity index (χ1v) is 9.57. The first kappa shape index (κ1) is 20.6. The predicted molar refractivity (Wildman–Crippen MR) is 110 cm³/mol. The maximum absolute atomic E-state index is 12.7. The minimum atomic E-state index is -0.649. The number of hydrogen-bond donors (Lipinski definition) is 1. The van der Waals surface area contributed by atoms with Crippen molar-refractivity contribution in [2.24, 2.45) is 0 Å². The van der Waals surface area contributed by atoms with Crippen molar-refractivity contribution in [2.45, 2.75) is 13.0 Å². The fraction of sp³-hybridized carbons (Fsp3) is 0.300. The Morgan fingerprint density at radius 3 is 2.17 bits per heavy atom. The average Bonchev–Trinajstić information content (AvgIpc) is 2.73. The van der Waals surface area contributed by atoms with Crippen LogP contribution in [0.1, 0.15) is 17.3 Å². The average molecular weight is 417 g/mol. The van der Waals surface area contributed by atoms with Gasteiger partial charge in [-0.15, -0.1) is 0 Å². The minimum Gasteiger partial charge on any atom is -0.368 e. The molecular formula is C20H21ClN4O4. The molecule has 1 N–H and O–H groups in total. The maximum atomic E-state index is 12.7. The number of nitrogens with zero attached hydrogens (tertiary/aromatic N) is 3. The lowest BCUT2D eigenvalue weighted by Gasteiger charge is -2.37. The predicted octanol–water partition coefficient (Wildman–Crippen LogP) is 2.72. The van der Waals surface area contributed by atoms with E-state index in [4.69, 9.17) is 11.6 Å². The lowest BCUT2D eigenvalue weighted by atomic mass is 10.1. The van der Waals surface area contributed by atoms with Gasteiger partial charge in [0.2, 0.25) is 5.91 Å². The van der Waals surface area contributed by atoms with Crippen molar-refractivity contribution in [3.63, 3.8) is 0 Å². The van der Waals surface area contributed by atoms with Gasteiger partial charge in [-0.1, -0.05) is 11.6 Å². The minimum absolute atomic E-state index is 0.0489. The molecule has 2 aromatic carbocycles. The van der Waals surface area contributed by atoms with Crippen molar-refractivity contribution in [1.29, 1.82) is 0 Å². The van der Waals surface area contributed by atoms with Crippen molar-refractivity contribution < 1.29 is 14.5 Å². The summed E-state index contributed by atoms with van der Waals surface area (Å²) in [5.74, 6) is -0.470. The zero-order valence-corrected chi connectivity index (χ0v) is 16.6. The highest BCUT2D eigenvalue weighted by Gasteiger charge is 2.26. The van der Waals surface area contributed by atoms with E-state index >= 15 is 0 Å². The smallest absolute Gasteiger partial charge is 0.269 e. The van der Waals surface area contributed by atoms with Gasteiger partial charge in [-0.25, -0.2) is 0 Å². The second-order valence-corrected chi connectivity index (χ2v) is 7.22. The van der Waals surface area contributed by atoms with Crippen molar-refractivity contribution in [2.75, 3.05) is 31.1 Å². The van der Waals surface area contributed by atoms with Gasteiger partial charge in [0.1, 0.15) is 6.04 Å². The van der Waals surface area contributed by atoms with Crippen LogP contribution in [0.25, 0.3) is 0 Å². The Bertz CT molecular complexity index is 894. The Morgan fingerprint density at radius 2 is 1.62 bits per heavy atom. The van der Waals surface area contributed by atoms with Crippen molar-refractivity contribution >= 4 is 34.8 Å². The quantitative estimate of drug-likeness (QED) is 0.597. The molecule has 2 amide bonds. The fourth-order valence-electron chi connectivity index (χ4n) is 3.19. The molecule has 0 aromatic heterocycles. The largest absolute Gasteiger partial charge is 0.368 e. The maximum Gasteiger partial charge on any atom is 0.269 e. The molecule has 152 valence electrons. The molecule has 9 heteroatoms. The second-order valence-electron chi connectivity index (χ2n) is 6.79. The Hall–Kier alpha value is -3.13. The van der Waals surface area contributed by atoms with Crippen LogP contribution < -0.4 is 10.2 Å². The van der Waals surface area contributed by atoms with E-state index in [-0.39, 0.29) is 17.5 Å². The summed E-state index contributed by atoms with van der Waals surface area (Å²) in [6.45, 7) is 3.91. The molecular weight excluding hydrogens is 396 g/mol. The first-order chi connectivity index (χ1) is 13.8. The summed E-state index contributed by atoms with van der Waals surface area (Å²) < 4.78 is 0. The lowest BCUT2D eigenvalue weighted by molar-refractivity contribution is -0.384. The number of halogens is 1. The topological polar surface area (TPSA) is 95.8 Å². The number of hydrogen-bond acceptors (Lipinski definition) is 5. The van der Waals surface area contributed by atoms with Crippen LogP contribution in [-0.4, -0.2) is 53.9 Å². The lowest BCUT2D eigenvalue weighted by Crippen LogP contribution is -2.54. The Balaban J connectivity index is 1.53. The number of nitro groups is 1. The molecule has 1 fully saturated rings. The number of carbonyl (C=O) groups excluding carboxylic acids is 2. The number of non-ortho nitro benzene ring substituents is 1. The van der Waals surface area contributed by atoms with Gasteiger partial charge >= 0.3 is 0 Å². The van der Waals surface area contributed by atoms with Crippen LogP contribution in [0.5, 0.6) is 0 Å². The van der Waals surface area contributed by atoms with E-state index in [1.165, 1.54) is 12.1 Å². The molecule has 1 unspecified atom stereocenters. The molecule has 0 spiro atoms. The number of nitrogens with one attached hydrogen (secondary N) is 1. The number of piperazine rings is 1. The third kappa shape index (κ3) is 5.03. The van der Waals surface area contributed by atoms with Crippen LogP contribution in [-0.2, 0) is 4.79 Å². The van der Waals surface area contributed by atoms with E-state index in [9.17, 15) is 19.7 Å². The molecule has 3 rings (SSSR count). The molecule has 0 bridgehead atoms. The van der Waals surface area contributed by atoms with Gasteiger partial charge in [0.05, 0.1) is 4.92 Å². The molecule has 1 heterocycles. The number of amides is 2. The summed E-state index contributed by atoms with van der Waals surface area (Å²) in [4.78, 5) is 39.1. The SMILES string of the molecule is CC(NC(=O)c1ccc(Cl)cc1)C(=O)N1CCN(c2ccc([N+](=O)[O-])cc2)CC1. The Morgan fingerprint density at radius 1 is 1.03 bits per heavy atom. The van der Waals surface area contributed by atoms with Crippen LogP contribution in [0.3, 0.4) is 0 Å². The highest BCUT2D eigenvalue weighted by molar-refractivity contribution is 6.30. The van der Waals surface area contributed by atoms with E-state index in [1.807, 2.05) is 0 Å². The van der Waals surface area contributed by atoms with Gasteiger partial charge in [-0.3, -0.25) is 19.7 Å². The van der Waals surface area contributed by atoms with Crippen LogP contribution in [0.4, 0.5) is 11.4 Å². The molecule has 0 aliphatic carbocycles. The van der Waals surface area contributed by atoms with Crippen molar-refractivity contribution in [3.05, 3.63) is 69.2 Å². The van der Waals surface area contributed by atoms with Gasteiger partial charge in [0.15, 0.2) is 0 Å². The zero-order valence-electron chi connectivity index (χ0n) is 15.9. The highest BCUT2D eigenvalue weighted by Crippen LogP contribution is 2.21. The standard InChI is InChI=1S/C20H21ClN4O4/c1-14(22-19(26)15-2-4-16(21)5-3-15)20(27)24-12-10-23(11-13-24)17-6-8-18(9-7-17)25(28)29/h2-9,14H,10-13H2,1H3,(H,22,26). The Labute approximate surface area is 173 Å².